The maximum atomic E-state index is 12.7. The summed E-state index contributed by atoms with van der Waals surface area (Å²) in [5.41, 5.74) is 6.45. The standard InChI is InChI=1S/C14H18BrClN2O/c1-9-3-2-6-18(13(9)8-17)14(19)11-7-10(16)4-5-12(11)15/h4-5,7,9,13H,2-3,6,8,17H2,1H3. The van der Waals surface area contributed by atoms with E-state index in [1.807, 2.05) is 4.90 Å². The highest BCUT2D eigenvalue weighted by molar-refractivity contribution is 9.10. The number of hydrogen-bond acceptors (Lipinski definition) is 2. The van der Waals surface area contributed by atoms with Gasteiger partial charge < -0.3 is 10.6 Å². The molecule has 0 bridgehead atoms. The summed E-state index contributed by atoms with van der Waals surface area (Å²) in [6, 6.07) is 5.40. The van der Waals surface area contributed by atoms with Crippen LogP contribution in [0, 0.1) is 5.92 Å². The number of likely N-dealkylation sites (tertiary alicyclic amines) is 1. The number of hydrogen-bond donors (Lipinski definition) is 1. The summed E-state index contributed by atoms with van der Waals surface area (Å²) in [4.78, 5) is 14.6. The van der Waals surface area contributed by atoms with E-state index in [1.165, 1.54) is 0 Å². The molecular weight excluding hydrogens is 328 g/mol. The SMILES string of the molecule is CC1CCCN(C(=O)c2cc(Cl)ccc2Br)C1CN. The van der Waals surface area contributed by atoms with Gasteiger partial charge >= 0.3 is 0 Å². The van der Waals surface area contributed by atoms with E-state index in [1.54, 1.807) is 18.2 Å². The first kappa shape index (κ1) is 14.8. The van der Waals surface area contributed by atoms with Gasteiger partial charge in [0.1, 0.15) is 0 Å². The van der Waals surface area contributed by atoms with Crippen LogP contribution in [0.5, 0.6) is 0 Å². The minimum absolute atomic E-state index is 0.0105. The Morgan fingerprint density at radius 3 is 3.00 bits per heavy atom. The monoisotopic (exact) mass is 344 g/mol. The van der Waals surface area contributed by atoms with Crippen molar-refractivity contribution in [3.8, 4) is 0 Å². The number of rotatable bonds is 2. The van der Waals surface area contributed by atoms with Crippen molar-refractivity contribution in [3.05, 3.63) is 33.3 Å². The van der Waals surface area contributed by atoms with Crippen molar-refractivity contribution in [2.24, 2.45) is 11.7 Å². The van der Waals surface area contributed by atoms with Gasteiger partial charge in [0.2, 0.25) is 0 Å². The second-order valence-corrected chi connectivity index (χ2v) is 6.34. The second-order valence-electron chi connectivity index (χ2n) is 5.05. The van der Waals surface area contributed by atoms with Gasteiger partial charge in [-0.1, -0.05) is 18.5 Å². The van der Waals surface area contributed by atoms with E-state index >= 15 is 0 Å². The fourth-order valence-electron chi connectivity index (χ4n) is 2.68. The zero-order valence-corrected chi connectivity index (χ0v) is 13.2. The molecule has 2 rings (SSSR count). The van der Waals surface area contributed by atoms with Crippen LogP contribution in [0.2, 0.25) is 5.02 Å². The summed E-state index contributed by atoms with van der Waals surface area (Å²) in [7, 11) is 0. The predicted octanol–water partition coefficient (Wildman–Crippen LogP) is 3.30. The molecule has 0 spiro atoms. The highest BCUT2D eigenvalue weighted by Crippen LogP contribution is 2.28. The van der Waals surface area contributed by atoms with Crippen LogP contribution < -0.4 is 5.73 Å². The largest absolute Gasteiger partial charge is 0.334 e. The molecule has 1 aliphatic heterocycles. The summed E-state index contributed by atoms with van der Waals surface area (Å²) in [6.45, 7) is 3.43. The van der Waals surface area contributed by atoms with E-state index in [0.29, 0.717) is 23.0 Å². The molecule has 1 aliphatic rings. The van der Waals surface area contributed by atoms with Crippen molar-refractivity contribution < 1.29 is 4.79 Å². The number of benzene rings is 1. The number of piperidine rings is 1. The van der Waals surface area contributed by atoms with Gasteiger partial charge in [-0.05, 0) is 52.9 Å². The normalized spacial score (nSPS) is 23.5. The molecule has 3 nitrogen and oxygen atoms in total. The molecule has 0 radical (unpaired) electrons. The predicted molar refractivity (Wildman–Crippen MR) is 81.4 cm³/mol. The van der Waals surface area contributed by atoms with Crippen molar-refractivity contribution in [2.45, 2.75) is 25.8 Å². The molecule has 1 heterocycles. The Kier molecular flexibility index (Phi) is 4.87. The Hall–Kier alpha value is -0.580. The molecule has 1 amide bonds. The smallest absolute Gasteiger partial charge is 0.255 e. The van der Waals surface area contributed by atoms with E-state index in [0.717, 1.165) is 23.9 Å². The molecule has 5 heteroatoms. The highest BCUT2D eigenvalue weighted by Gasteiger charge is 2.32. The number of nitrogens with two attached hydrogens (primary N) is 1. The lowest BCUT2D eigenvalue weighted by Gasteiger charge is -2.39. The van der Waals surface area contributed by atoms with Crippen molar-refractivity contribution in [3.63, 3.8) is 0 Å². The molecule has 0 aliphatic carbocycles. The van der Waals surface area contributed by atoms with Gasteiger partial charge in [0.25, 0.3) is 5.91 Å². The lowest BCUT2D eigenvalue weighted by Crippen LogP contribution is -2.51. The zero-order valence-electron chi connectivity index (χ0n) is 10.9. The van der Waals surface area contributed by atoms with Gasteiger partial charge in [-0.25, -0.2) is 0 Å². The first-order valence-corrected chi connectivity index (χ1v) is 7.67. The number of carbonyl (C=O) groups excluding carboxylic acids is 1. The average Bonchev–Trinajstić information content (AvgIpc) is 2.40. The molecule has 2 unspecified atom stereocenters. The van der Waals surface area contributed by atoms with Crippen molar-refractivity contribution in [1.82, 2.24) is 4.90 Å². The average molecular weight is 346 g/mol. The van der Waals surface area contributed by atoms with Gasteiger partial charge in [-0.3, -0.25) is 4.79 Å². The summed E-state index contributed by atoms with van der Waals surface area (Å²) < 4.78 is 0.774. The number of carbonyl (C=O) groups is 1. The first-order chi connectivity index (χ1) is 9.04. The maximum absolute atomic E-state index is 12.7. The molecular formula is C14H18BrClN2O. The molecule has 1 aromatic rings. The molecule has 1 saturated heterocycles. The van der Waals surface area contributed by atoms with Crippen LogP contribution in [-0.4, -0.2) is 29.9 Å². The second kappa shape index (κ2) is 6.25. The van der Waals surface area contributed by atoms with Gasteiger partial charge in [-0.2, -0.15) is 0 Å². The Balaban J connectivity index is 2.29. The van der Waals surface area contributed by atoms with Gasteiger partial charge in [0.15, 0.2) is 0 Å². The lowest BCUT2D eigenvalue weighted by molar-refractivity contribution is 0.0531. The summed E-state index contributed by atoms with van der Waals surface area (Å²) in [5.74, 6) is 0.456. The number of halogens is 2. The number of amides is 1. The van der Waals surface area contributed by atoms with E-state index in [4.69, 9.17) is 17.3 Å². The summed E-state index contributed by atoms with van der Waals surface area (Å²) in [6.07, 6.45) is 2.16. The third-order valence-corrected chi connectivity index (χ3v) is 4.70. The molecule has 2 atom stereocenters. The van der Waals surface area contributed by atoms with Gasteiger partial charge in [0, 0.05) is 28.6 Å². The van der Waals surface area contributed by atoms with Crippen LogP contribution in [0.4, 0.5) is 0 Å². The highest BCUT2D eigenvalue weighted by atomic mass is 79.9. The van der Waals surface area contributed by atoms with E-state index in [9.17, 15) is 4.79 Å². The van der Waals surface area contributed by atoms with E-state index in [-0.39, 0.29) is 11.9 Å². The first-order valence-electron chi connectivity index (χ1n) is 6.50. The van der Waals surface area contributed by atoms with Crippen molar-refractivity contribution in [2.75, 3.05) is 13.1 Å². The van der Waals surface area contributed by atoms with Gasteiger partial charge in [0.05, 0.1) is 5.56 Å². The fourth-order valence-corrected chi connectivity index (χ4v) is 3.27. The maximum Gasteiger partial charge on any atom is 0.255 e. The lowest BCUT2D eigenvalue weighted by atomic mass is 9.90. The quantitative estimate of drug-likeness (QED) is 0.894. The van der Waals surface area contributed by atoms with Crippen LogP contribution in [0.3, 0.4) is 0 Å². The minimum atomic E-state index is 0.0105. The van der Waals surface area contributed by atoms with Crippen LogP contribution in [-0.2, 0) is 0 Å². The van der Waals surface area contributed by atoms with Crippen molar-refractivity contribution in [1.29, 1.82) is 0 Å². The molecule has 0 saturated carbocycles. The molecule has 0 aromatic heterocycles. The third kappa shape index (κ3) is 3.12. The topological polar surface area (TPSA) is 46.3 Å². The fraction of sp³-hybridized carbons (Fsp3) is 0.500. The summed E-state index contributed by atoms with van der Waals surface area (Å²) in [5, 5.41) is 0.570. The van der Waals surface area contributed by atoms with Crippen LogP contribution in [0.25, 0.3) is 0 Å². The Bertz CT molecular complexity index is 481. The Morgan fingerprint density at radius 2 is 2.32 bits per heavy atom. The third-order valence-electron chi connectivity index (χ3n) is 3.78. The van der Waals surface area contributed by atoms with Crippen LogP contribution in [0.1, 0.15) is 30.1 Å². The molecule has 104 valence electrons. The van der Waals surface area contributed by atoms with Crippen molar-refractivity contribution >= 4 is 33.4 Å². The Morgan fingerprint density at radius 1 is 1.58 bits per heavy atom. The van der Waals surface area contributed by atoms with Crippen LogP contribution in [0.15, 0.2) is 22.7 Å². The molecule has 1 fully saturated rings. The Labute approximate surface area is 127 Å². The van der Waals surface area contributed by atoms with E-state index in [2.05, 4.69) is 22.9 Å². The molecule has 2 N–H and O–H groups in total. The van der Waals surface area contributed by atoms with Gasteiger partial charge in [-0.15, -0.1) is 0 Å². The zero-order chi connectivity index (χ0) is 14.0. The van der Waals surface area contributed by atoms with Crippen LogP contribution >= 0.6 is 27.5 Å². The molecule has 19 heavy (non-hydrogen) atoms. The van der Waals surface area contributed by atoms with E-state index < -0.39 is 0 Å². The molecule has 1 aromatic carbocycles. The number of nitrogens with zero attached hydrogens (tertiary/aromatic N) is 1. The minimum Gasteiger partial charge on any atom is -0.334 e. The summed E-state index contributed by atoms with van der Waals surface area (Å²) >= 11 is 9.40.